The molecule has 2 rings (SSSR count). The minimum absolute atomic E-state index is 0.284. The summed E-state index contributed by atoms with van der Waals surface area (Å²) in [6, 6.07) is 2.09. The minimum Gasteiger partial charge on any atom is -0.396 e. The van der Waals surface area contributed by atoms with Gasteiger partial charge in [0.05, 0.1) is 0 Å². The van der Waals surface area contributed by atoms with Crippen molar-refractivity contribution < 1.29 is 5.11 Å². The van der Waals surface area contributed by atoms with Crippen LogP contribution in [0.2, 0.25) is 0 Å². The fourth-order valence-corrected chi connectivity index (χ4v) is 2.10. The smallest absolute Gasteiger partial charge is 0.128 e. The Morgan fingerprint density at radius 2 is 2.47 bits per heavy atom. The number of aliphatic hydroxyl groups is 1. The molecular weight excluding hydrogens is 256 g/mol. The van der Waals surface area contributed by atoms with Gasteiger partial charge in [-0.15, -0.1) is 0 Å². The molecule has 0 spiro atoms. The van der Waals surface area contributed by atoms with Gasteiger partial charge in [-0.25, -0.2) is 4.98 Å². The van der Waals surface area contributed by atoms with E-state index in [-0.39, 0.29) is 6.61 Å². The van der Waals surface area contributed by atoms with Gasteiger partial charge in [0.15, 0.2) is 0 Å². The van der Waals surface area contributed by atoms with Gasteiger partial charge >= 0.3 is 0 Å². The Balaban J connectivity index is 2.13. The molecular formula is C11H15BrN2O. The summed E-state index contributed by atoms with van der Waals surface area (Å²) in [7, 11) is 0. The Hall–Kier alpha value is -0.610. The first-order valence-electron chi connectivity index (χ1n) is 5.18. The van der Waals surface area contributed by atoms with Crippen LogP contribution >= 0.6 is 15.9 Å². The van der Waals surface area contributed by atoms with E-state index in [9.17, 15) is 0 Å². The number of aromatic nitrogens is 1. The van der Waals surface area contributed by atoms with Gasteiger partial charge in [-0.05, 0) is 40.9 Å². The van der Waals surface area contributed by atoms with Gasteiger partial charge in [-0.1, -0.05) is 0 Å². The van der Waals surface area contributed by atoms with Crippen molar-refractivity contribution in [1.29, 1.82) is 0 Å². The van der Waals surface area contributed by atoms with E-state index in [1.165, 1.54) is 5.56 Å². The molecule has 1 atom stereocenters. The zero-order chi connectivity index (χ0) is 10.8. The van der Waals surface area contributed by atoms with Gasteiger partial charge in [0.2, 0.25) is 0 Å². The highest BCUT2D eigenvalue weighted by Crippen LogP contribution is 2.24. The van der Waals surface area contributed by atoms with Crippen LogP contribution < -0.4 is 4.90 Å². The standard InChI is InChI=1S/C11H15BrN2O/c1-8-4-11(13-5-10(8)12)14-3-2-9(6-14)7-15/h4-5,9,15H,2-3,6-7H2,1H3. The molecule has 2 heterocycles. The molecule has 0 saturated carbocycles. The molecule has 15 heavy (non-hydrogen) atoms. The SMILES string of the molecule is Cc1cc(N2CCC(CO)C2)ncc1Br. The van der Waals surface area contributed by atoms with Crippen LogP contribution in [0, 0.1) is 12.8 Å². The summed E-state index contributed by atoms with van der Waals surface area (Å²) in [5.41, 5.74) is 1.20. The average Bonchev–Trinajstić information content (AvgIpc) is 2.70. The van der Waals surface area contributed by atoms with Crippen molar-refractivity contribution in [2.24, 2.45) is 5.92 Å². The number of halogens is 1. The molecule has 1 saturated heterocycles. The van der Waals surface area contributed by atoms with E-state index < -0.39 is 0 Å². The second-order valence-electron chi connectivity index (χ2n) is 4.07. The molecule has 0 aromatic carbocycles. The Labute approximate surface area is 98.3 Å². The van der Waals surface area contributed by atoms with Gasteiger partial charge in [0.25, 0.3) is 0 Å². The highest BCUT2D eigenvalue weighted by molar-refractivity contribution is 9.10. The van der Waals surface area contributed by atoms with Gasteiger partial charge in [-0.2, -0.15) is 0 Å². The largest absolute Gasteiger partial charge is 0.396 e. The van der Waals surface area contributed by atoms with Crippen LogP contribution in [0.25, 0.3) is 0 Å². The summed E-state index contributed by atoms with van der Waals surface area (Å²) in [6.45, 7) is 4.27. The molecule has 1 aliphatic rings. The Bertz CT molecular complexity index is 356. The molecule has 0 bridgehead atoms. The summed E-state index contributed by atoms with van der Waals surface area (Å²) >= 11 is 3.44. The van der Waals surface area contributed by atoms with E-state index in [0.29, 0.717) is 5.92 Å². The van der Waals surface area contributed by atoms with Crippen LogP contribution in [-0.4, -0.2) is 29.8 Å². The second kappa shape index (κ2) is 4.49. The van der Waals surface area contributed by atoms with E-state index >= 15 is 0 Å². The molecule has 1 aromatic heterocycles. The van der Waals surface area contributed by atoms with Crippen molar-refractivity contribution >= 4 is 21.7 Å². The predicted molar refractivity (Wildman–Crippen MR) is 64.1 cm³/mol. The number of pyridine rings is 1. The lowest BCUT2D eigenvalue weighted by Crippen LogP contribution is -2.21. The summed E-state index contributed by atoms with van der Waals surface area (Å²) in [6.07, 6.45) is 2.91. The van der Waals surface area contributed by atoms with Crippen LogP contribution in [0.4, 0.5) is 5.82 Å². The van der Waals surface area contributed by atoms with Crippen molar-refractivity contribution in [2.45, 2.75) is 13.3 Å². The molecule has 82 valence electrons. The van der Waals surface area contributed by atoms with E-state index in [2.05, 4.69) is 38.8 Å². The maximum atomic E-state index is 9.07. The first kappa shape index (κ1) is 10.9. The van der Waals surface area contributed by atoms with Gasteiger partial charge in [0.1, 0.15) is 5.82 Å². The second-order valence-corrected chi connectivity index (χ2v) is 4.93. The zero-order valence-corrected chi connectivity index (χ0v) is 10.4. The lowest BCUT2D eigenvalue weighted by molar-refractivity contribution is 0.238. The molecule has 1 aromatic rings. The van der Waals surface area contributed by atoms with E-state index in [1.807, 2.05) is 6.20 Å². The molecule has 1 unspecified atom stereocenters. The van der Waals surface area contributed by atoms with Crippen molar-refractivity contribution in [3.63, 3.8) is 0 Å². The van der Waals surface area contributed by atoms with Crippen LogP contribution in [0.1, 0.15) is 12.0 Å². The lowest BCUT2D eigenvalue weighted by Gasteiger charge is -2.17. The fraction of sp³-hybridized carbons (Fsp3) is 0.545. The van der Waals surface area contributed by atoms with E-state index in [4.69, 9.17) is 5.11 Å². The molecule has 0 amide bonds. The molecule has 1 fully saturated rings. The first-order valence-corrected chi connectivity index (χ1v) is 5.98. The Morgan fingerprint density at radius 1 is 1.67 bits per heavy atom. The average molecular weight is 271 g/mol. The van der Waals surface area contributed by atoms with Crippen LogP contribution in [0.3, 0.4) is 0 Å². The monoisotopic (exact) mass is 270 g/mol. The first-order chi connectivity index (χ1) is 7.20. The number of aliphatic hydroxyl groups excluding tert-OH is 1. The minimum atomic E-state index is 0.284. The number of hydrogen-bond donors (Lipinski definition) is 1. The summed E-state index contributed by atoms with van der Waals surface area (Å²) < 4.78 is 1.05. The van der Waals surface area contributed by atoms with E-state index in [0.717, 1.165) is 29.8 Å². The van der Waals surface area contributed by atoms with Gasteiger partial charge in [-0.3, -0.25) is 0 Å². The maximum Gasteiger partial charge on any atom is 0.128 e. The van der Waals surface area contributed by atoms with Gasteiger partial charge < -0.3 is 10.0 Å². The van der Waals surface area contributed by atoms with Crippen molar-refractivity contribution in [1.82, 2.24) is 4.98 Å². The number of aryl methyl sites for hydroxylation is 1. The molecule has 3 nitrogen and oxygen atoms in total. The summed E-state index contributed by atoms with van der Waals surface area (Å²) in [4.78, 5) is 6.62. The van der Waals surface area contributed by atoms with Crippen molar-refractivity contribution in [2.75, 3.05) is 24.6 Å². The summed E-state index contributed by atoms with van der Waals surface area (Å²) in [5.74, 6) is 1.43. The lowest BCUT2D eigenvalue weighted by atomic mass is 10.1. The third-order valence-electron chi connectivity index (χ3n) is 2.90. The van der Waals surface area contributed by atoms with E-state index in [1.54, 1.807) is 0 Å². The number of nitrogens with zero attached hydrogens (tertiary/aromatic N) is 2. The third-order valence-corrected chi connectivity index (χ3v) is 3.73. The number of anilines is 1. The molecule has 1 N–H and O–H groups in total. The predicted octanol–water partition coefficient (Wildman–Crippen LogP) is 1.97. The normalized spacial score (nSPS) is 21.0. The fourth-order valence-electron chi connectivity index (χ4n) is 1.89. The Kier molecular flexibility index (Phi) is 3.26. The third kappa shape index (κ3) is 2.32. The maximum absolute atomic E-state index is 9.07. The van der Waals surface area contributed by atoms with Crippen LogP contribution in [0.5, 0.6) is 0 Å². The Morgan fingerprint density at radius 3 is 3.07 bits per heavy atom. The quantitative estimate of drug-likeness (QED) is 0.893. The highest BCUT2D eigenvalue weighted by Gasteiger charge is 2.22. The molecule has 1 aliphatic heterocycles. The zero-order valence-electron chi connectivity index (χ0n) is 8.78. The summed E-state index contributed by atoms with van der Waals surface area (Å²) in [5, 5.41) is 9.07. The van der Waals surface area contributed by atoms with Crippen LogP contribution in [-0.2, 0) is 0 Å². The van der Waals surface area contributed by atoms with Crippen molar-refractivity contribution in [3.8, 4) is 0 Å². The molecule has 0 radical (unpaired) electrons. The molecule has 4 heteroatoms. The van der Waals surface area contributed by atoms with Crippen molar-refractivity contribution in [3.05, 3.63) is 22.3 Å². The topological polar surface area (TPSA) is 36.4 Å². The number of hydrogen-bond acceptors (Lipinski definition) is 3. The van der Waals surface area contributed by atoms with Gasteiger partial charge in [0, 0.05) is 36.3 Å². The van der Waals surface area contributed by atoms with Crippen LogP contribution in [0.15, 0.2) is 16.7 Å². The highest BCUT2D eigenvalue weighted by atomic mass is 79.9. The number of rotatable bonds is 2. The molecule has 0 aliphatic carbocycles.